The van der Waals surface area contributed by atoms with Gasteiger partial charge in [-0.3, -0.25) is 4.79 Å². The number of thioether (sulfide) groups is 1. The zero-order chi connectivity index (χ0) is 21.1. The predicted molar refractivity (Wildman–Crippen MR) is 125 cm³/mol. The summed E-state index contributed by atoms with van der Waals surface area (Å²) in [6.07, 6.45) is 1.89. The van der Waals surface area contributed by atoms with Gasteiger partial charge >= 0.3 is 0 Å². The minimum atomic E-state index is -0.171. The van der Waals surface area contributed by atoms with E-state index in [0.29, 0.717) is 27.5 Å². The third-order valence-corrected chi connectivity index (χ3v) is 6.91. The van der Waals surface area contributed by atoms with Gasteiger partial charge in [-0.15, -0.1) is 10.2 Å². The van der Waals surface area contributed by atoms with Crippen molar-refractivity contribution in [3.8, 4) is 0 Å². The lowest BCUT2D eigenvalue weighted by atomic mass is 10.0. The Bertz CT molecular complexity index is 1230. The number of para-hydroxylation sites is 1. The first-order valence-electron chi connectivity index (χ1n) is 9.60. The van der Waals surface area contributed by atoms with Crippen LogP contribution in [-0.2, 0) is 18.6 Å². The molecular formula is C21H20ClN5OS2. The maximum absolute atomic E-state index is 12.3. The molecule has 154 valence electrons. The van der Waals surface area contributed by atoms with Crippen LogP contribution in [-0.4, -0.2) is 20.2 Å². The molecule has 0 saturated heterocycles. The lowest BCUT2D eigenvalue weighted by Gasteiger charge is -2.13. The number of rotatable bonds is 7. The summed E-state index contributed by atoms with van der Waals surface area (Å²) in [7, 11) is 0. The van der Waals surface area contributed by atoms with Gasteiger partial charge in [0, 0.05) is 10.7 Å². The van der Waals surface area contributed by atoms with Crippen molar-refractivity contribution in [2.24, 2.45) is 0 Å². The van der Waals surface area contributed by atoms with Crippen LogP contribution in [0, 0.1) is 0 Å². The summed E-state index contributed by atoms with van der Waals surface area (Å²) in [5.74, 6) is 1.06. The molecule has 2 aromatic heterocycles. The van der Waals surface area contributed by atoms with E-state index in [2.05, 4.69) is 57.5 Å². The summed E-state index contributed by atoms with van der Waals surface area (Å²) in [4.78, 5) is 19.6. The van der Waals surface area contributed by atoms with Crippen LogP contribution in [0.2, 0.25) is 5.02 Å². The quantitative estimate of drug-likeness (QED) is 0.352. The molecule has 0 unspecified atom stereocenters. The Kier molecular flexibility index (Phi) is 6.36. The number of nitrogens with zero attached hydrogens (tertiary/aromatic N) is 3. The largest absolute Gasteiger partial charge is 0.330 e. The fraction of sp³-hybridized carbons (Fsp3) is 0.238. The van der Waals surface area contributed by atoms with E-state index >= 15 is 0 Å². The van der Waals surface area contributed by atoms with Crippen molar-refractivity contribution in [1.29, 1.82) is 0 Å². The molecule has 0 spiro atoms. The Labute approximate surface area is 187 Å². The Morgan fingerprint density at radius 3 is 2.63 bits per heavy atom. The highest BCUT2D eigenvalue weighted by Crippen LogP contribution is 2.32. The second-order valence-corrected chi connectivity index (χ2v) is 9.26. The van der Waals surface area contributed by atoms with Crippen molar-refractivity contribution in [3.05, 3.63) is 68.7 Å². The number of hydrogen-bond acceptors (Lipinski definition) is 7. The number of hydrogen-bond donors (Lipinski definition) is 2. The van der Waals surface area contributed by atoms with E-state index in [9.17, 15) is 4.79 Å². The molecule has 0 radical (unpaired) electrons. The second kappa shape index (κ2) is 9.16. The van der Waals surface area contributed by atoms with Crippen molar-refractivity contribution in [2.45, 2.75) is 36.8 Å². The smallest absolute Gasteiger partial charge is 0.258 e. The van der Waals surface area contributed by atoms with E-state index < -0.39 is 0 Å². The van der Waals surface area contributed by atoms with Crippen LogP contribution in [0.15, 0.2) is 45.5 Å². The molecule has 0 aliphatic rings. The van der Waals surface area contributed by atoms with E-state index in [1.807, 2.05) is 0 Å². The van der Waals surface area contributed by atoms with Crippen LogP contribution in [0.1, 0.15) is 30.8 Å². The minimum Gasteiger partial charge on any atom is -0.330 e. The number of fused-ring (bicyclic) bond motifs is 1. The van der Waals surface area contributed by atoms with Crippen LogP contribution in [0.5, 0.6) is 0 Å². The fourth-order valence-corrected chi connectivity index (χ4v) is 4.98. The van der Waals surface area contributed by atoms with E-state index in [1.54, 1.807) is 18.2 Å². The lowest BCUT2D eigenvalue weighted by molar-refractivity contribution is 1.00. The molecule has 0 amide bonds. The van der Waals surface area contributed by atoms with Crippen LogP contribution in [0.3, 0.4) is 0 Å². The molecule has 6 nitrogen and oxygen atoms in total. The van der Waals surface area contributed by atoms with E-state index in [0.717, 1.165) is 28.0 Å². The molecule has 9 heteroatoms. The van der Waals surface area contributed by atoms with Crippen LogP contribution in [0.25, 0.3) is 10.9 Å². The summed E-state index contributed by atoms with van der Waals surface area (Å²) in [5, 5.41) is 13.8. The maximum atomic E-state index is 12.3. The number of H-pyrrole nitrogens is 1. The summed E-state index contributed by atoms with van der Waals surface area (Å²) < 4.78 is 0.804. The highest BCUT2D eigenvalue weighted by atomic mass is 35.5. The molecule has 30 heavy (non-hydrogen) atoms. The van der Waals surface area contributed by atoms with Gasteiger partial charge in [0.2, 0.25) is 5.13 Å². The molecular weight excluding hydrogens is 438 g/mol. The molecule has 0 aliphatic heterocycles. The Balaban J connectivity index is 1.50. The number of aryl methyl sites for hydroxylation is 2. The molecule has 0 aliphatic carbocycles. The second-order valence-electron chi connectivity index (χ2n) is 6.62. The molecule has 0 fully saturated rings. The number of nitrogens with one attached hydrogen (secondary N) is 2. The zero-order valence-electron chi connectivity index (χ0n) is 16.5. The topological polar surface area (TPSA) is 83.6 Å². The first kappa shape index (κ1) is 20.8. The molecule has 4 aromatic rings. The SMILES string of the molecule is CCc1cccc(CC)c1Nc1nnc(SCc2nc3cc(Cl)ccc3c(=O)[nH]2)s1. The van der Waals surface area contributed by atoms with E-state index in [-0.39, 0.29) is 5.56 Å². The first-order chi connectivity index (χ1) is 14.6. The van der Waals surface area contributed by atoms with Crippen LogP contribution in [0.4, 0.5) is 10.8 Å². The lowest BCUT2D eigenvalue weighted by Crippen LogP contribution is -2.11. The van der Waals surface area contributed by atoms with Crippen LogP contribution >= 0.6 is 34.7 Å². The van der Waals surface area contributed by atoms with Gasteiger partial charge in [-0.2, -0.15) is 0 Å². The molecule has 2 aromatic carbocycles. The maximum Gasteiger partial charge on any atom is 0.258 e. The van der Waals surface area contributed by atoms with Gasteiger partial charge in [-0.05, 0) is 42.2 Å². The number of aromatic nitrogens is 4. The van der Waals surface area contributed by atoms with Gasteiger partial charge < -0.3 is 10.3 Å². The van der Waals surface area contributed by atoms with Crippen molar-refractivity contribution in [2.75, 3.05) is 5.32 Å². The van der Waals surface area contributed by atoms with E-state index in [1.165, 1.54) is 34.2 Å². The van der Waals surface area contributed by atoms with Crippen molar-refractivity contribution in [1.82, 2.24) is 20.2 Å². The van der Waals surface area contributed by atoms with Gasteiger partial charge in [0.1, 0.15) is 5.82 Å². The highest BCUT2D eigenvalue weighted by Gasteiger charge is 2.12. The monoisotopic (exact) mass is 457 g/mol. The fourth-order valence-electron chi connectivity index (χ4n) is 3.19. The molecule has 2 heterocycles. The standard InChI is InChI=1S/C21H20ClN5OS2/c1-3-12-6-5-7-13(4-2)18(12)25-20-26-27-21(30-20)29-11-17-23-16-10-14(22)8-9-15(16)19(28)24-17/h5-10H,3-4,11H2,1-2H3,(H,25,26)(H,23,24,28). The molecule has 4 rings (SSSR count). The Morgan fingerprint density at radius 1 is 1.13 bits per heavy atom. The van der Waals surface area contributed by atoms with Crippen molar-refractivity contribution >= 4 is 56.4 Å². The molecule has 0 atom stereocenters. The number of benzene rings is 2. The number of aromatic amines is 1. The van der Waals surface area contributed by atoms with Gasteiger partial charge in [-0.1, -0.05) is 66.7 Å². The third-order valence-electron chi connectivity index (χ3n) is 4.69. The number of anilines is 2. The molecule has 2 N–H and O–H groups in total. The molecule has 0 saturated carbocycles. The van der Waals surface area contributed by atoms with Gasteiger partial charge in [0.05, 0.1) is 16.7 Å². The summed E-state index contributed by atoms with van der Waals surface area (Å²) in [6.45, 7) is 4.29. The average molecular weight is 458 g/mol. The Morgan fingerprint density at radius 2 is 1.90 bits per heavy atom. The van der Waals surface area contributed by atoms with Gasteiger partial charge in [0.15, 0.2) is 4.34 Å². The van der Waals surface area contributed by atoms with Crippen molar-refractivity contribution < 1.29 is 0 Å². The first-order valence-corrected chi connectivity index (χ1v) is 11.8. The Hall–Kier alpha value is -2.42. The summed E-state index contributed by atoms with van der Waals surface area (Å²) in [5.41, 5.74) is 4.05. The highest BCUT2D eigenvalue weighted by molar-refractivity contribution is 8.00. The number of halogens is 1. The summed E-state index contributed by atoms with van der Waals surface area (Å²) in [6, 6.07) is 11.4. The average Bonchev–Trinajstić information content (AvgIpc) is 3.19. The van der Waals surface area contributed by atoms with Crippen molar-refractivity contribution in [3.63, 3.8) is 0 Å². The third kappa shape index (κ3) is 4.50. The van der Waals surface area contributed by atoms with Gasteiger partial charge in [-0.25, -0.2) is 4.98 Å². The normalized spacial score (nSPS) is 11.2. The minimum absolute atomic E-state index is 0.171. The van der Waals surface area contributed by atoms with E-state index in [4.69, 9.17) is 11.6 Å². The summed E-state index contributed by atoms with van der Waals surface area (Å²) >= 11 is 9.00. The van der Waals surface area contributed by atoms with Gasteiger partial charge in [0.25, 0.3) is 5.56 Å². The predicted octanol–water partition coefficient (Wildman–Crippen LogP) is 5.59. The zero-order valence-corrected chi connectivity index (χ0v) is 18.9. The van der Waals surface area contributed by atoms with Crippen LogP contribution < -0.4 is 10.9 Å². The molecule has 0 bridgehead atoms.